The van der Waals surface area contributed by atoms with Crippen LogP contribution in [0.15, 0.2) is 151 Å². The Balaban J connectivity index is 0.000000173. The Morgan fingerprint density at radius 3 is 1.43 bits per heavy atom. The fourth-order valence-corrected chi connectivity index (χ4v) is 15.1. The molecule has 0 saturated carbocycles. The molecule has 9 atom stereocenters. The van der Waals surface area contributed by atoms with E-state index >= 15 is 0 Å². The minimum Gasteiger partial charge on any atom is -0.391 e. The lowest BCUT2D eigenvalue weighted by molar-refractivity contribution is -0.171. The average Bonchev–Trinajstić information content (AvgIpc) is 1.64. The number of halogens is 3. The first-order chi connectivity index (χ1) is 50.9. The highest BCUT2D eigenvalue weighted by Crippen LogP contribution is 2.34. The van der Waals surface area contributed by atoms with Gasteiger partial charge in [-0.2, -0.15) is 13.2 Å². The number of aliphatic hydroxyl groups is 3. The molecule has 8 aromatic rings. The molecular formula is C78H88F3N13O11S2. The Kier molecular flexibility index (Phi) is 25.7. The van der Waals surface area contributed by atoms with E-state index in [0.29, 0.717) is 29.1 Å². The molecule has 3 saturated heterocycles. The van der Waals surface area contributed by atoms with Crippen LogP contribution >= 0.6 is 22.7 Å². The first-order valence-corrected chi connectivity index (χ1v) is 36.8. The van der Waals surface area contributed by atoms with E-state index in [2.05, 4.69) is 41.2 Å². The topological polar surface area (TPSA) is 336 Å². The van der Waals surface area contributed by atoms with Crippen LogP contribution < -0.4 is 27.0 Å². The second kappa shape index (κ2) is 34.6. The number of aromatic nitrogens is 4. The molecule has 4 aromatic carbocycles. The second-order valence-corrected chi connectivity index (χ2v) is 30.2. The highest BCUT2D eigenvalue weighted by molar-refractivity contribution is 7.13. The van der Waals surface area contributed by atoms with Crippen LogP contribution in [0.3, 0.4) is 0 Å². The third kappa shape index (κ3) is 19.3. The number of nitrogens with one attached hydrogen (secondary N) is 4. The molecule has 29 heteroatoms. The predicted molar refractivity (Wildman–Crippen MR) is 397 cm³/mol. The molecule has 4 aromatic heterocycles. The van der Waals surface area contributed by atoms with Gasteiger partial charge in [0, 0.05) is 95.4 Å². The van der Waals surface area contributed by atoms with E-state index in [1.807, 2.05) is 164 Å². The molecule has 0 bridgehead atoms. The van der Waals surface area contributed by atoms with Gasteiger partial charge in [-0.3, -0.25) is 48.3 Å². The summed E-state index contributed by atoms with van der Waals surface area (Å²) in [7, 11) is 0. The van der Waals surface area contributed by atoms with Crippen molar-refractivity contribution >= 4 is 69.9 Å². The summed E-state index contributed by atoms with van der Waals surface area (Å²) in [6, 6.07) is 28.7. The largest absolute Gasteiger partial charge is 0.412 e. The maximum absolute atomic E-state index is 13.8. The predicted octanol–water partition coefficient (Wildman–Crippen LogP) is 7.84. The lowest BCUT2D eigenvalue weighted by Gasteiger charge is -2.35. The molecule has 107 heavy (non-hydrogen) atoms. The fourth-order valence-electron chi connectivity index (χ4n) is 13.4. The molecule has 0 aliphatic carbocycles. The van der Waals surface area contributed by atoms with Gasteiger partial charge in [-0.05, 0) is 106 Å². The molecular weight excluding hydrogens is 1420 g/mol. The van der Waals surface area contributed by atoms with Gasteiger partial charge in [0.25, 0.3) is 11.8 Å². The van der Waals surface area contributed by atoms with Crippen LogP contribution in [0.2, 0.25) is 0 Å². The number of rotatable bonds is 19. The number of aliphatic hydroxyl groups excluding tert-OH is 3. The summed E-state index contributed by atoms with van der Waals surface area (Å²) in [6.45, 7) is 16.0. The molecule has 24 nitrogen and oxygen atoms in total. The number of hydrogen-bond donors (Lipinski definition) is 8. The molecule has 0 spiro atoms. The number of alkyl halides is 3. The van der Waals surface area contributed by atoms with Crippen molar-refractivity contribution in [3.8, 4) is 32.0 Å². The fraction of sp³-hybridized carbons (Fsp3) is 0.385. The number of likely N-dealkylation sites (tertiary alicyclic amines) is 3. The molecule has 8 amide bonds. The van der Waals surface area contributed by atoms with E-state index in [1.165, 1.54) is 27.3 Å². The standard InChI is InChI=1S/C31H34N4O4.C28H33N5O4S.C19H21F3N4O3S/c1-19(2)28(35-17-23-6-4-5-7-26(23)30(35)38)31(39)34-18-24(36)14-27(34)29(37)33-16-21-8-10-22(11-9-21)25-12-13-32-15-20(25)3;1-17-23(38-16-31-17)19-9-7-18(8-10-19)13-30-26(36)22-12-21(34)15-33(22)27(37)24(28(2,3)4)32-25(35)20-6-5-11-29-14-20;1-10-15(30-9-25-10)12-4-2-11(3-5-12)7-24-17(28)14-6-13(27)8-26(14)18(29)16(23)19(20,21)22/h4-13,15,19,24,27-28,36H,14,16-18H2,1-3H3,(H,33,37);5-11,14,16,21-22,24,34H,12-13,15H2,1-4H3,(H,30,36)(H,32,35);2-5,9,13-14,16,27H,6-8,23H2,1H3,(H,24,28)/t24-,27+,28+;21-,22+,24-;13-,14+,16?/m111/s1. The van der Waals surface area contributed by atoms with Crippen LogP contribution in [0.25, 0.3) is 32.0 Å². The molecule has 4 aliphatic heterocycles. The van der Waals surface area contributed by atoms with Gasteiger partial charge < -0.3 is 61.9 Å². The Morgan fingerprint density at radius 1 is 0.570 bits per heavy atom. The number of benzene rings is 4. The number of thiazole rings is 2. The summed E-state index contributed by atoms with van der Waals surface area (Å²) >= 11 is 3.10. The van der Waals surface area contributed by atoms with Gasteiger partial charge >= 0.3 is 6.18 Å². The number of pyridine rings is 2. The lowest BCUT2D eigenvalue weighted by atomic mass is 9.85. The number of fused-ring (bicyclic) bond motifs is 1. The van der Waals surface area contributed by atoms with E-state index in [-0.39, 0.29) is 81.5 Å². The van der Waals surface area contributed by atoms with Crippen LogP contribution in [0.1, 0.15) is 114 Å². The zero-order valence-corrected chi connectivity index (χ0v) is 62.1. The molecule has 0 radical (unpaired) electrons. The lowest BCUT2D eigenvalue weighted by Crippen LogP contribution is -2.57. The zero-order valence-electron chi connectivity index (χ0n) is 60.5. The SMILES string of the molecule is Cc1cnccc1-c1ccc(CNC(=O)[C@@H]2C[C@@H](O)CN2C(=O)[C@H](C(C)C)N2Cc3ccccc3C2=O)cc1.Cc1ncsc1-c1ccc(CNC(=O)[C@@H]2C[C@@H](O)CN2C(=O)C(N)C(F)(F)F)cc1.Cc1ncsc1-c1ccc(CNC(=O)[C@@H]2C[C@@H](O)CN2C(=O)[C@@H](NC(=O)c2cccnc2)C(C)(C)C)cc1. The third-order valence-electron chi connectivity index (χ3n) is 19.2. The van der Waals surface area contributed by atoms with Crippen LogP contribution in [-0.4, -0.2) is 182 Å². The number of amides is 8. The zero-order chi connectivity index (χ0) is 77.2. The van der Waals surface area contributed by atoms with E-state index in [0.717, 1.165) is 71.2 Å². The van der Waals surface area contributed by atoms with Gasteiger partial charge in [0.2, 0.25) is 35.4 Å². The molecule has 4 aliphatic rings. The number of nitrogens with two attached hydrogens (primary N) is 1. The Morgan fingerprint density at radius 2 is 1.02 bits per heavy atom. The Hall–Kier alpha value is -10.2. The maximum atomic E-state index is 13.8. The van der Waals surface area contributed by atoms with Crippen LogP contribution in [-0.2, 0) is 54.9 Å². The minimum absolute atomic E-state index is 0.0230. The Bertz CT molecular complexity index is 4480. The number of hydrogen-bond acceptors (Lipinski definition) is 18. The van der Waals surface area contributed by atoms with E-state index in [4.69, 9.17) is 5.73 Å². The average molecular weight is 1500 g/mol. The summed E-state index contributed by atoms with van der Waals surface area (Å²) in [4.78, 5) is 128. The summed E-state index contributed by atoms with van der Waals surface area (Å²) < 4.78 is 38.3. The van der Waals surface area contributed by atoms with Crippen LogP contribution in [0.5, 0.6) is 0 Å². The quantitative estimate of drug-likeness (QED) is 0.0382. The van der Waals surface area contributed by atoms with Crippen molar-refractivity contribution in [2.24, 2.45) is 17.1 Å². The number of aryl methyl sites for hydroxylation is 3. The number of nitrogens with zero attached hydrogens (tertiary/aromatic N) is 8. The molecule has 564 valence electrons. The van der Waals surface area contributed by atoms with Crippen molar-refractivity contribution in [2.45, 2.75) is 162 Å². The van der Waals surface area contributed by atoms with Crippen molar-refractivity contribution in [1.82, 2.24) is 60.8 Å². The van der Waals surface area contributed by atoms with Gasteiger partial charge in [-0.1, -0.05) is 126 Å². The summed E-state index contributed by atoms with van der Waals surface area (Å²) in [5.74, 6) is -4.21. The first-order valence-electron chi connectivity index (χ1n) is 35.1. The smallest absolute Gasteiger partial charge is 0.391 e. The summed E-state index contributed by atoms with van der Waals surface area (Å²) in [5.41, 5.74) is 19.6. The van der Waals surface area contributed by atoms with E-state index < -0.39 is 89.8 Å². The second-order valence-electron chi connectivity index (χ2n) is 28.5. The summed E-state index contributed by atoms with van der Waals surface area (Å²) in [5, 5.41) is 41.9. The van der Waals surface area contributed by atoms with Gasteiger partial charge in [-0.15, -0.1) is 22.7 Å². The van der Waals surface area contributed by atoms with Crippen molar-refractivity contribution in [1.29, 1.82) is 0 Å². The normalized spacial score (nSPS) is 19.2. The van der Waals surface area contributed by atoms with Crippen molar-refractivity contribution < 1.29 is 66.8 Å². The van der Waals surface area contributed by atoms with Crippen molar-refractivity contribution in [3.63, 3.8) is 0 Å². The molecule has 8 heterocycles. The molecule has 1 unspecified atom stereocenters. The van der Waals surface area contributed by atoms with Gasteiger partial charge in [0.05, 0.1) is 56.0 Å². The third-order valence-corrected chi connectivity index (χ3v) is 21.2. The number of β-amino-alcohol motifs (C(OH)–C–C–N with tert-alkyl or cyclic N) is 3. The molecule has 3 fully saturated rings. The highest BCUT2D eigenvalue weighted by atomic mass is 32.1. The Labute approximate surface area is 626 Å². The monoisotopic (exact) mass is 1500 g/mol. The summed E-state index contributed by atoms with van der Waals surface area (Å²) in [6.07, 6.45) is -0.905. The van der Waals surface area contributed by atoms with Gasteiger partial charge in [0.15, 0.2) is 6.04 Å². The van der Waals surface area contributed by atoms with E-state index in [9.17, 15) is 66.8 Å². The van der Waals surface area contributed by atoms with Gasteiger partial charge in [-0.25, -0.2) is 9.97 Å². The minimum atomic E-state index is -4.93. The van der Waals surface area contributed by atoms with Crippen LogP contribution in [0, 0.1) is 32.1 Å². The van der Waals surface area contributed by atoms with Crippen molar-refractivity contribution in [3.05, 3.63) is 201 Å². The number of carbonyl (C=O) groups is 8. The molecule has 9 N–H and O–H groups in total. The molecule has 12 rings (SSSR count). The number of carbonyl (C=O) groups excluding carboxylic acids is 8. The highest BCUT2D eigenvalue weighted by Gasteiger charge is 2.50. The van der Waals surface area contributed by atoms with Crippen LogP contribution in [0.4, 0.5) is 13.2 Å². The first kappa shape index (κ1) is 79.4. The van der Waals surface area contributed by atoms with Crippen molar-refractivity contribution in [2.75, 3.05) is 19.6 Å². The van der Waals surface area contributed by atoms with E-state index in [1.54, 1.807) is 52.3 Å². The maximum Gasteiger partial charge on any atom is 0.412 e. The van der Waals surface area contributed by atoms with Gasteiger partial charge in [0.1, 0.15) is 30.2 Å².